The fourth-order valence-electron chi connectivity index (χ4n) is 3.57. The summed E-state index contributed by atoms with van der Waals surface area (Å²) in [4.78, 5) is 6.82. The third kappa shape index (κ3) is 3.15. The first kappa shape index (κ1) is 17.5. The van der Waals surface area contributed by atoms with Gasteiger partial charge in [-0.25, -0.2) is 9.50 Å². The lowest BCUT2D eigenvalue weighted by atomic mass is 9.99. The Bertz CT molecular complexity index is 1040. The maximum absolute atomic E-state index is 9.65. The van der Waals surface area contributed by atoms with Gasteiger partial charge in [0, 0.05) is 25.6 Å². The van der Waals surface area contributed by atoms with Crippen LogP contribution in [0, 0.1) is 32.1 Å². The van der Waals surface area contributed by atoms with Crippen molar-refractivity contribution in [2.24, 2.45) is 0 Å². The Morgan fingerprint density at radius 3 is 2.70 bits per heavy atom. The Labute approximate surface area is 159 Å². The van der Waals surface area contributed by atoms with Crippen LogP contribution in [0.1, 0.15) is 33.6 Å². The lowest BCUT2D eigenvalue weighted by Crippen LogP contribution is -2.37. The van der Waals surface area contributed by atoms with Crippen LogP contribution in [0.15, 0.2) is 24.3 Å². The second-order valence-corrected chi connectivity index (χ2v) is 7.04. The van der Waals surface area contributed by atoms with Gasteiger partial charge in [-0.15, -0.1) is 5.10 Å². The molecule has 0 amide bonds. The number of ether oxygens (including phenoxy) is 1. The summed E-state index contributed by atoms with van der Waals surface area (Å²) in [6, 6.07) is 10.5. The molecule has 0 radical (unpaired) electrons. The minimum atomic E-state index is 0.557. The maximum Gasteiger partial charge on any atom is 0.172 e. The number of aryl methyl sites for hydroxylation is 2. The number of morpholine rings is 1. The van der Waals surface area contributed by atoms with E-state index in [0.29, 0.717) is 24.4 Å². The van der Waals surface area contributed by atoms with Gasteiger partial charge in [0.1, 0.15) is 11.6 Å². The molecule has 0 unspecified atom stereocenters. The van der Waals surface area contributed by atoms with Gasteiger partial charge in [0.05, 0.1) is 24.6 Å². The van der Waals surface area contributed by atoms with E-state index in [0.717, 1.165) is 36.7 Å². The summed E-state index contributed by atoms with van der Waals surface area (Å²) in [6.07, 6.45) is 0.741. The van der Waals surface area contributed by atoms with Crippen LogP contribution in [0.2, 0.25) is 0 Å². The van der Waals surface area contributed by atoms with Gasteiger partial charge in [0.25, 0.3) is 0 Å². The number of aromatic nitrogens is 3. The molecule has 2 aromatic heterocycles. The van der Waals surface area contributed by atoms with Gasteiger partial charge in [0.2, 0.25) is 0 Å². The van der Waals surface area contributed by atoms with Crippen LogP contribution in [-0.4, -0.2) is 40.9 Å². The summed E-state index contributed by atoms with van der Waals surface area (Å²) in [7, 11) is 0. The zero-order chi connectivity index (χ0) is 19.0. The van der Waals surface area contributed by atoms with Crippen molar-refractivity contribution in [1.82, 2.24) is 14.6 Å². The molecule has 1 aliphatic heterocycles. The van der Waals surface area contributed by atoms with E-state index in [1.165, 1.54) is 16.7 Å². The highest BCUT2D eigenvalue weighted by atomic mass is 16.5. The lowest BCUT2D eigenvalue weighted by molar-refractivity contribution is 0.122. The molecule has 0 bridgehead atoms. The number of benzene rings is 1. The third-order valence-electron chi connectivity index (χ3n) is 5.39. The molecule has 0 saturated carbocycles. The molecular weight excluding hydrogens is 338 g/mol. The molecule has 1 aliphatic rings. The van der Waals surface area contributed by atoms with Crippen LogP contribution < -0.4 is 4.90 Å². The van der Waals surface area contributed by atoms with Crippen LogP contribution in [0.4, 0.5) is 5.82 Å². The molecule has 0 spiro atoms. The van der Waals surface area contributed by atoms with Crippen molar-refractivity contribution in [3.63, 3.8) is 0 Å². The van der Waals surface area contributed by atoms with E-state index in [2.05, 4.69) is 48.0 Å². The first-order valence-corrected chi connectivity index (χ1v) is 9.25. The smallest absolute Gasteiger partial charge is 0.172 e. The number of imidazole rings is 1. The first-order valence-electron chi connectivity index (χ1n) is 9.25. The Kier molecular flexibility index (Phi) is 4.54. The number of hydrogen-bond acceptors (Lipinski definition) is 5. The van der Waals surface area contributed by atoms with Gasteiger partial charge in [0.15, 0.2) is 11.5 Å². The molecule has 6 heteroatoms. The molecule has 6 nitrogen and oxygen atoms in total. The molecular formula is C21H23N5O. The molecule has 27 heavy (non-hydrogen) atoms. The van der Waals surface area contributed by atoms with E-state index in [4.69, 9.17) is 9.84 Å². The Hall–Kier alpha value is -2.91. The second kappa shape index (κ2) is 7.01. The first-order chi connectivity index (χ1) is 13.1. The fourth-order valence-corrected chi connectivity index (χ4v) is 3.57. The van der Waals surface area contributed by atoms with Crippen molar-refractivity contribution >= 4 is 11.5 Å². The quantitative estimate of drug-likeness (QED) is 0.717. The van der Waals surface area contributed by atoms with Crippen molar-refractivity contribution in [2.75, 3.05) is 31.2 Å². The van der Waals surface area contributed by atoms with E-state index in [-0.39, 0.29) is 0 Å². The molecule has 0 N–H and O–H groups in total. The van der Waals surface area contributed by atoms with Crippen LogP contribution in [0.25, 0.3) is 5.65 Å². The summed E-state index contributed by atoms with van der Waals surface area (Å²) < 4.78 is 7.30. The van der Waals surface area contributed by atoms with E-state index < -0.39 is 0 Å². The molecule has 3 aromatic rings. The van der Waals surface area contributed by atoms with E-state index >= 15 is 0 Å². The van der Waals surface area contributed by atoms with Gasteiger partial charge < -0.3 is 9.64 Å². The summed E-state index contributed by atoms with van der Waals surface area (Å²) in [6.45, 7) is 9.19. The summed E-state index contributed by atoms with van der Waals surface area (Å²) in [5, 5.41) is 14.5. The topological polar surface area (TPSA) is 66.5 Å². The lowest BCUT2D eigenvalue weighted by Gasteiger charge is -2.27. The number of rotatable bonds is 3. The van der Waals surface area contributed by atoms with Gasteiger partial charge >= 0.3 is 0 Å². The van der Waals surface area contributed by atoms with Crippen molar-refractivity contribution in [3.8, 4) is 6.07 Å². The standard InChI is InChI=1S/C21H23N5O/c1-14-5-4-6-17(15(14)2)11-19-16(3)23-21-18(13-22)12-20(24-26(19)21)25-7-9-27-10-8-25/h4-6,12H,7-11H2,1-3H3. The Morgan fingerprint density at radius 2 is 1.96 bits per heavy atom. The molecule has 138 valence electrons. The third-order valence-corrected chi connectivity index (χ3v) is 5.39. The molecule has 1 fully saturated rings. The fraction of sp³-hybridized carbons (Fsp3) is 0.381. The Balaban J connectivity index is 1.84. The molecule has 3 heterocycles. The van der Waals surface area contributed by atoms with E-state index in [1.807, 2.05) is 17.5 Å². The van der Waals surface area contributed by atoms with E-state index in [9.17, 15) is 5.26 Å². The average molecular weight is 361 g/mol. The second-order valence-electron chi connectivity index (χ2n) is 7.04. The van der Waals surface area contributed by atoms with Crippen molar-refractivity contribution in [3.05, 3.63) is 57.9 Å². The van der Waals surface area contributed by atoms with E-state index in [1.54, 1.807) is 0 Å². The number of nitrogens with zero attached hydrogens (tertiary/aromatic N) is 5. The summed E-state index contributed by atoms with van der Waals surface area (Å²) in [5.41, 5.74) is 6.96. The monoisotopic (exact) mass is 361 g/mol. The predicted molar refractivity (Wildman–Crippen MR) is 104 cm³/mol. The van der Waals surface area contributed by atoms with Gasteiger partial charge in [-0.1, -0.05) is 18.2 Å². The normalized spacial score (nSPS) is 14.5. The highest BCUT2D eigenvalue weighted by Crippen LogP contribution is 2.24. The Morgan fingerprint density at radius 1 is 1.19 bits per heavy atom. The zero-order valence-electron chi connectivity index (χ0n) is 16.0. The highest BCUT2D eigenvalue weighted by molar-refractivity contribution is 5.61. The summed E-state index contributed by atoms with van der Waals surface area (Å²) >= 11 is 0. The largest absolute Gasteiger partial charge is 0.378 e. The van der Waals surface area contributed by atoms with Crippen LogP contribution >= 0.6 is 0 Å². The summed E-state index contributed by atoms with van der Waals surface area (Å²) in [5.74, 6) is 0.807. The van der Waals surface area contributed by atoms with Crippen LogP contribution in [0.3, 0.4) is 0 Å². The maximum atomic E-state index is 9.65. The van der Waals surface area contributed by atoms with Gasteiger partial charge in [-0.3, -0.25) is 0 Å². The van der Waals surface area contributed by atoms with Crippen molar-refractivity contribution in [1.29, 1.82) is 5.26 Å². The minimum absolute atomic E-state index is 0.557. The van der Waals surface area contributed by atoms with Crippen LogP contribution in [0.5, 0.6) is 0 Å². The van der Waals surface area contributed by atoms with Crippen LogP contribution in [-0.2, 0) is 11.2 Å². The SMILES string of the molecule is Cc1cccc(Cc2c(C)nc3c(C#N)cc(N4CCOCC4)nn23)c1C. The average Bonchev–Trinajstić information content (AvgIpc) is 3.00. The van der Waals surface area contributed by atoms with Crippen molar-refractivity contribution < 1.29 is 4.74 Å². The number of anilines is 1. The number of hydrogen-bond donors (Lipinski definition) is 0. The van der Waals surface area contributed by atoms with Gasteiger partial charge in [-0.2, -0.15) is 5.26 Å². The van der Waals surface area contributed by atoms with Crippen molar-refractivity contribution in [2.45, 2.75) is 27.2 Å². The molecule has 4 rings (SSSR count). The number of nitriles is 1. The molecule has 1 saturated heterocycles. The molecule has 1 aromatic carbocycles. The molecule has 0 aliphatic carbocycles. The zero-order valence-corrected chi connectivity index (χ0v) is 16.0. The number of fused-ring (bicyclic) bond motifs is 1. The van der Waals surface area contributed by atoms with Gasteiger partial charge in [-0.05, 0) is 37.5 Å². The molecule has 0 atom stereocenters. The minimum Gasteiger partial charge on any atom is -0.378 e. The predicted octanol–water partition coefficient (Wildman–Crippen LogP) is 2.95. The highest BCUT2D eigenvalue weighted by Gasteiger charge is 2.19.